The molecule has 2 aliphatic heterocycles. The maximum absolute atomic E-state index is 13.8. The number of nitrogens with one attached hydrogen (secondary N) is 2. The molecule has 2 amide bonds. The van der Waals surface area contributed by atoms with Crippen LogP contribution in [0.5, 0.6) is 0 Å². The molecule has 2 saturated heterocycles. The number of hydrogen-bond acceptors (Lipinski definition) is 6. The third kappa shape index (κ3) is 71.1. The monoisotopic (exact) mass is 1680 g/mol. The van der Waals surface area contributed by atoms with E-state index in [0.717, 1.165) is 89.6 Å². The quantitative estimate of drug-likeness (QED) is 0.0354. The van der Waals surface area contributed by atoms with Gasteiger partial charge in [-0.05, 0) is 51.4 Å². The van der Waals surface area contributed by atoms with E-state index in [4.69, 9.17) is 14.6 Å². The lowest BCUT2D eigenvalue weighted by atomic mass is 9.68. The molecule has 2 aliphatic rings. The van der Waals surface area contributed by atoms with Crippen molar-refractivity contribution >= 4 is 23.8 Å². The number of amides is 2. The molecule has 0 aromatic carbocycles. The standard InChI is InChI=1S/C99H200O3.C10H16N2O3S/c1-7-13-19-25-31-37-43-49-55-61-67-73-79-85-91-97(100)99(94-88-82-76-70-64-58-52-46-40-34-28-22-16-10-4,102-96-90-84-78-72-66-60-54-48-42-36-30-24-18-12-6)98(92-86-80-74-68-62-56-50-44-38-32-26-20-14-8-2,93-87-81-75-69-63-57-51-45-39-33-27-21-15-9-3)101-95-89-83-77-71-65-59-53-47-41-35-29-23-17-11-5;13-8(14)4-2-1-3-7-9-6(5-16-7)11-10(15)12-9/h97,100H,7-96H2,1-6H3;6-7,9H,1-5H2,(H,13,14)(H2,11,12,15)/t;6-,7-,9-/m.0/s1. The molecule has 0 radical (unpaired) electrons. The van der Waals surface area contributed by atoms with Gasteiger partial charge in [0.25, 0.3) is 0 Å². The Morgan fingerprint density at radius 1 is 0.314 bits per heavy atom. The topological polar surface area (TPSA) is 117 Å². The predicted octanol–water partition coefficient (Wildman–Crippen LogP) is 37.1. The number of carboxylic acid groups (broad SMARTS) is 1. The van der Waals surface area contributed by atoms with Crippen LogP contribution >= 0.6 is 11.8 Å². The molecular formula is C109H216N2O6S. The highest BCUT2D eigenvalue weighted by atomic mass is 32.2. The Bertz CT molecular complexity index is 1940. The fourth-order valence-electron chi connectivity index (χ4n) is 19.8. The zero-order valence-electron chi connectivity index (χ0n) is 81.4. The average Bonchev–Trinajstić information content (AvgIpc) is 1.05. The average molecular weight is 1680 g/mol. The Kier molecular flexibility index (Phi) is 89.8. The first kappa shape index (κ1) is 115. The first-order chi connectivity index (χ1) is 58.2. The zero-order chi connectivity index (χ0) is 85.2. The summed E-state index contributed by atoms with van der Waals surface area (Å²) in [5.41, 5.74) is -1.12. The largest absolute Gasteiger partial charge is 0.481 e. The Morgan fingerprint density at radius 3 is 0.822 bits per heavy atom. The van der Waals surface area contributed by atoms with Crippen molar-refractivity contribution < 1.29 is 29.3 Å². The van der Waals surface area contributed by atoms with Gasteiger partial charge in [0.1, 0.15) is 5.60 Å². The van der Waals surface area contributed by atoms with Gasteiger partial charge in [-0.15, -0.1) is 0 Å². The molecule has 5 atom stereocenters. The van der Waals surface area contributed by atoms with E-state index in [2.05, 4.69) is 52.2 Å². The van der Waals surface area contributed by atoms with Crippen LogP contribution in [0.25, 0.3) is 0 Å². The zero-order valence-corrected chi connectivity index (χ0v) is 82.2. The van der Waals surface area contributed by atoms with Crippen molar-refractivity contribution in [2.24, 2.45) is 0 Å². The van der Waals surface area contributed by atoms with Gasteiger partial charge in [-0.2, -0.15) is 11.8 Å². The molecule has 9 heteroatoms. The number of thioether (sulfide) groups is 1. The van der Waals surface area contributed by atoms with Gasteiger partial charge in [0.2, 0.25) is 0 Å². The first-order valence-corrected chi connectivity index (χ1v) is 56.1. The van der Waals surface area contributed by atoms with E-state index in [-0.39, 0.29) is 24.5 Å². The van der Waals surface area contributed by atoms with E-state index in [1.54, 1.807) is 0 Å². The number of hydrogen-bond donors (Lipinski definition) is 4. The van der Waals surface area contributed by atoms with Gasteiger partial charge in [0, 0.05) is 30.6 Å². The van der Waals surface area contributed by atoms with Crippen LogP contribution in [-0.4, -0.2) is 75.8 Å². The predicted molar refractivity (Wildman–Crippen MR) is 525 cm³/mol. The summed E-state index contributed by atoms with van der Waals surface area (Å²) < 4.78 is 16.0. The Labute approximate surface area is 745 Å². The molecule has 0 aromatic rings. The third-order valence-corrected chi connectivity index (χ3v) is 29.2. The molecular weight excluding hydrogens is 1470 g/mol. The summed E-state index contributed by atoms with van der Waals surface area (Å²) in [4.78, 5) is 21.5. The van der Waals surface area contributed by atoms with Crippen LogP contribution in [0.3, 0.4) is 0 Å². The Hall–Kier alpha value is -1.03. The van der Waals surface area contributed by atoms with Gasteiger partial charge in [0.15, 0.2) is 0 Å². The van der Waals surface area contributed by atoms with Crippen molar-refractivity contribution in [3.8, 4) is 0 Å². The van der Waals surface area contributed by atoms with Crippen LogP contribution < -0.4 is 10.6 Å². The lowest BCUT2D eigenvalue weighted by molar-refractivity contribution is -0.260. The van der Waals surface area contributed by atoms with Crippen molar-refractivity contribution in [1.82, 2.24) is 10.6 Å². The first-order valence-electron chi connectivity index (χ1n) is 55.1. The van der Waals surface area contributed by atoms with Gasteiger partial charge in [-0.3, -0.25) is 4.79 Å². The molecule has 0 spiro atoms. The maximum atomic E-state index is 13.8. The molecule has 8 nitrogen and oxygen atoms in total. The maximum Gasteiger partial charge on any atom is 0.315 e. The van der Waals surface area contributed by atoms with E-state index in [9.17, 15) is 14.7 Å². The fraction of sp³-hybridized carbons (Fsp3) is 0.982. The SMILES string of the molecule is CCCCCCCCCCCCCCCCOC(CCCCCCCCCCCCCCCC)(CCCCCCCCCCCCCCCC)C(CCCCCCCCCCCCCCCC)(OCCCCCCCCCCCCCCCC)C(O)CCCCCCCCCCCCCCCC.O=C(O)CCCC[C@@H]1SC[C@@H]2NC(=O)N[C@@H]21. The van der Waals surface area contributed by atoms with Crippen LogP contribution in [0.2, 0.25) is 0 Å². The second-order valence-corrected chi connectivity index (χ2v) is 40.2. The van der Waals surface area contributed by atoms with Crippen LogP contribution in [0.4, 0.5) is 4.79 Å². The van der Waals surface area contributed by atoms with Crippen LogP contribution in [0, 0.1) is 0 Å². The minimum absolute atomic E-state index is 0.0640. The summed E-state index contributed by atoms with van der Waals surface area (Å²) in [5, 5.41) is 28.5. The van der Waals surface area contributed by atoms with E-state index >= 15 is 0 Å². The number of aliphatic hydroxyl groups is 1. The highest BCUT2D eigenvalue weighted by molar-refractivity contribution is 8.00. The van der Waals surface area contributed by atoms with E-state index in [1.807, 2.05) is 11.8 Å². The molecule has 4 N–H and O–H groups in total. The van der Waals surface area contributed by atoms with Crippen molar-refractivity contribution in [1.29, 1.82) is 0 Å². The Morgan fingerprint density at radius 2 is 0.551 bits per heavy atom. The molecule has 0 saturated carbocycles. The normalized spacial score (nSPS) is 15.6. The Balaban J connectivity index is 0.00000382. The summed E-state index contributed by atoms with van der Waals surface area (Å²) >= 11 is 1.87. The summed E-state index contributed by atoms with van der Waals surface area (Å²) in [5.74, 6) is 0.236. The minimum Gasteiger partial charge on any atom is -0.481 e. The highest BCUT2D eigenvalue weighted by Crippen LogP contribution is 2.47. The lowest BCUT2D eigenvalue weighted by Crippen LogP contribution is -2.64. The van der Waals surface area contributed by atoms with Gasteiger partial charge < -0.3 is 30.3 Å². The number of aliphatic hydroxyl groups excluding tert-OH is 1. The van der Waals surface area contributed by atoms with Crippen LogP contribution in [0.15, 0.2) is 0 Å². The van der Waals surface area contributed by atoms with E-state index < -0.39 is 23.3 Å². The van der Waals surface area contributed by atoms with Gasteiger partial charge >= 0.3 is 12.0 Å². The van der Waals surface area contributed by atoms with Crippen molar-refractivity contribution in [2.75, 3.05) is 19.0 Å². The molecule has 2 fully saturated rings. The fourth-order valence-corrected chi connectivity index (χ4v) is 21.3. The summed E-state index contributed by atoms with van der Waals surface area (Å²) in [6.45, 7) is 15.6. The van der Waals surface area contributed by atoms with Crippen LogP contribution in [-0.2, 0) is 14.3 Å². The molecule has 2 rings (SSSR count). The van der Waals surface area contributed by atoms with Gasteiger partial charge in [0.05, 0.1) is 23.8 Å². The molecule has 0 aliphatic carbocycles. The third-order valence-electron chi connectivity index (χ3n) is 27.7. The second kappa shape index (κ2) is 92.2. The highest BCUT2D eigenvalue weighted by Gasteiger charge is 2.56. The molecule has 0 bridgehead atoms. The molecule has 2 heterocycles. The molecule has 704 valence electrons. The number of unbranched alkanes of at least 4 members (excludes halogenated alkanes) is 79. The molecule has 118 heavy (non-hydrogen) atoms. The van der Waals surface area contributed by atoms with Gasteiger partial charge in [-0.25, -0.2) is 4.79 Å². The number of fused-ring (bicyclic) bond motifs is 1. The smallest absolute Gasteiger partial charge is 0.315 e. The number of urea groups is 1. The van der Waals surface area contributed by atoms with Crippen LogP contribution in [0.1, 0.15) is 632 Å². The number of carbonyl (C=O) groups is 2. The molecule has 0 aromatic heterocycles. The lowest BCUT2D eigenvalue weighted by Gasteiger charge is -2.53. The second-order valence-electron chi connectivity index (χ2n) is 39.0. The number of rotatable bonds is 99. The summed E-state index contributed by atoms with van der Waals surface area (Å²) in [6.07, 6.45) is 122. The number of carbonyl (C=O) groups excluding carboxylic acids is 1. The minimum atomic E-state index is -0.729. The number of carboxylic acids is 1. The van der Waals surface area contributed by atoms with Crippen molar-refractivity contribution in [2.45, 2.75) is 667 Å². The van der Waals surface area contributed by atoms with Gasteiger partial charge in [-0.1, -0.05) is 574 Å². The van der Waals surface area contributed by atoms with Crippen molar-refractivity contribution in [3.63, 3.8) is 0 Å². The summed E-state index contributed by atoms with van der Waals surface area (Å²) in [7, 11) is 0. The van der Waals surface area contributed by atoms with Crippen molar-refractivity contribution in [3.05, 3.63) is 0 Å². The number of ether oxygens (including phenoxy) is 2. The number of aliphatic carboxylic acids is 1. The van der Waals surface area contributed by atoms with E-state index in [0.29, 0.717) is 5.25 Å². The molecule has 2 unspecified atom stereocenters. The summed E-state index contributed by atoms with van der Waals surface area (Å²) in [6, 6.07) is 0.440. The van der Waals surface area contributed by atoms with E-state index in [1.165, 1.54) is 514 Å².